The van der Waals surface area contributed by atoms with Gasteiger partial charge in [0.05, 0.1) is 23.8 Å². The lowest BCUT2D eigenvalue weighted by Gasteiger charge is -2.15. The van der Waals surface area contributed by atoms with Crippen molar-refractivity contribution in [3.63, 3.8) is 0 Å². The normalized spacial score (nSPS) is 15.7. The molecular weight excluding hydrogens is 260 g/mol. The maximum Gasteiger partial charge on any atom is 0.134 e. The van der Waals surface area contributed by atoms with Crippen molar-refractivity contribution in [3.05, 3.63) is 47.7 Å². The first-order chi connectivity index (χ1) is 10.1. The molecule has 2 heterocycles. The Morgan fingerprint density at radius 3 is 2.71 bits per heavy atom. The van der Waals surface area contributed by atoms with E-state index in [1.54, 1.807) is 0 Å². The molecule has 0 amide bonds. The van der Waals surface area contributed by atoms with Gasteiger partial charge in [-0.15, -0.1) is 0 Å². The van der Waals surface area contributed by atoms with Gasteiger partial charge in [-0.25, -0.2) is 0 Å². The quantitative estimate of drug-likeness (QED) is 0.583. The summed E-state index contributed by atoms with van der Waals surface area (Å²) >= 11 is 0. The smallest absolute Gasteiger partial charge is 0.134 e. The number of hydrogen-bond donors (Lipinski definition) is 0. The minimum absolute atomic E-state index is 0.0328. The average molecular weight is 274 g/mol. The molecule has 3 heteroatoms. The third kappa shape index (κ3) is 1.56. The average Bonchev–Trinajstić information content (AvgIpc) is 2.82. The number of rotatable bonds is 0. The van der Waals surface area contributed by atoms with Crippen LogP contribution in [0.25, 0.3) is 21.7 Å². The zero-order valence-electron chi connectivity index (χ0n) is 12.0. The summed E-state index contributed by atoms with van der Waals surface area (Å²) in [5, 5.41) is 12.3. The van der Waals surface area contributed by atoms with Crippen LogP contribution in [0.1, 0.15) is 25.0 Å². The Balaban J connectivity index is 2.21. The van der Waals surface area contributed by atoms with E-state index in [1.165, 1.54) is 0 Å². The number of hydrogen-bond acceptors (Lipinski definition) is 3. The topological polar surface area (TPSA) is 45.9 Å². The van der Waals surface area contributed by atoms with Crippen LogP contribution >= 0.6 is 0 Å². The van der Waals surface area contributed by atoms with E-state index < -0.39 is 0 Å². The first-order valence-electron chi connectivity index (χ1n) is 7.00. The summed E-state index contributed by atoms with van der Waals surface area (Å²) in [4.78, 5) is 4.66. The predicted octanol–water partition coefficient (Wildman–Crippen LogP) is 3.93. The third-order valence-electron chi connectivity index (χ3n) is 4.26. The van der Waals surface area contributed by atoms with Gasteiger partial charge in [0, 0.05) is 33.3 Å². The van der Waals surface area contributed by atoms with Crippen LogP contribution in [0.3, 0.4) is 0 Å². The van der Waals surface area contributed by atoms with Crippen molar-refractivity contribution >= 4 is 21.7 Å². The Labute approximate surface area is 122 Å². The van der Waals surface area contributed by atoms with Crippen LogP contribution in [0.2, 0.25) is 0 Å². The molecule has 0 unspecified atom stereocenters. The lowest BCUT2D eigenvalue weighted by molar-refractivity contribution is 0.293. The standard InChI is InChI=1S/C18H14N2O/c1-18(2)10-21-17-14-7-11(8-19)12-5-3-4-6-13(12)16(14)20-9-15(17)18/h3-7,9H,10H2,1-2H3. The molecule has 0 saturated heterocycles. The predicted molar refractivity (Wildman–Crippen MR) is 82.5 cm³/mol. The lowest BCUT2D eigenvalue weighted by atomic mass is 9.87. The van der Waals surface area contributed by atoms with E-state index in [0.717, 1.165) is 33.0 Å². The Bertz CT molecular complexity index is 935. The third-order valence-corrected chi connectivity index (χ3v) is 4.26. The zero-order valence-corrected chi connectivity index (χ0v) is 12.0. The van der Waals surface area contributed by atoms with Crippen LogP contribution in [0, 0.1) is 11.3 Å². The van der Waals surface area contributed by atoms with Crippen molar-refractivity contribution in [1.82, 2.24) is 4.98 Å². The Kier molecular flexibility index (Phi) is 2.29. The van der Waals surface area contributed by atoms with E-state index in [0.29, 0.717) is 12.2 Å². The molecule has 0 atom stereocenters. The fourth-order valence-corrected chi connectivity index (χ4v) is 3.07. The van der Waals surface area contributed by atoms with E-state index in [4.69, 9.17) is 4.74 Å². The number of aromatic nitrogens is 1. The van der Waals surface area contributed by atoms with Gasteiger partial charge in [-0.05, 0) is 6.07 Å². The molecular formula is C18H14N2O. The first kappa shape index (κ1) is 12.2. The van der Waals surface area contributed by atoms with Crippen molar-refractivity contribution in [2.45, 2.75) is 19.3 Å². The monoisotopic (exact) mass is 274 g/mol. The summed E-state index contributed by atoms with van der Waals surface area (Å²) in [6, 6.07) is 12.1. The van der Waals surface area contributed by atoms with E-state index in [1.807, 2.05) is 36.5 Å². The Hall–Kier alpha value is -2.60. The number of nitriles is 1. The molecule has 21 heavy (non-hydrogen) atoms. The van der Waals surface area contributed by atoms with Crippen molar-refractivity contribution in [3.8, 4) is 11.8 Å². The molecule has 3 aromatic rings. The van der Waals surface area contributed by atoms with Gasteiger partial charge in [-0.3, -0.25) is 4.98 Å². The minimum Gasteiger partial charge on any atom is -0.492 e. The summed E-state index contributed by atoms with van der Waals surface area (Å²) in [5.74, 6) is 0.882. The summed E-state index contributed by atoms with van der Waals surface area (Å²) in [6.45, 7) is 4.95. The summed E-state index contributed by atoms with van der Waals surface area (Å²) in [6.07, 6.45) is 1.92. The van der Waals surface area contributed by atoms with Crippen LogP contribution in [0.4, 0.5) is 0 Å². The molecule has 0 spiro atoms. The van der Waals surface area contributed by atoms with Crippen molar-refractivity contribution < 1.29 is 4.74 Å². The Morgan fingerprint density at radius 2 is 1.95 bits per heavy atom. The van der Waals surface area contributed by atoms with E-state index >= 15 is 0 Å². The minimum atomic E-state index is -0.0328. The van der Waals surface area contributed by atoms with Crippen molar-refractivity contribution in [2.75, 3.05) is 6.61 Å². The molecule has 3 nitrogen and oxygen atoms in total. The maximum absolute atomic E-state index is 9.44. The molecule has 4 rings (SSSR count). The highest BCUT2D eigenvalue weighted by Crippen LogP contribution is 2.43. The maximum atomic E-state index is 9.44. The van der Waals surface area contributed by atoms with Crippen LogP contribution in [-0.2, 0) is 5.41 Å². The van der Waals surface area contributed by atoms with Gasteiger partial charge in [0.2, 0.25) is 0 Å². The molecule has 102 valence electrons. The zero-order chi connectivity index (χ0) is 14.6. The van der Waals surface area contributed by atoms with Crippen molar-refractivity contribution in [1.29, 1.82) is 5.26 Å². The van der Waals surface area contributed by atoms with Crippen LogP contribution < -0.4 is 4.74 Å². The molecule has 0 N–H and O–H groups in total. The van der Waals surface area contributed by atoms with Gasteiger partial charge in [-0.2, -0.15) is 5.26 Å². The molecule has 0 aliphatic carbocycles. The molecule has 0 saturated carbocycles. The SMILES string of the molecule is CC1(C)COc2c1cnc1c2cc(C#N)c2ccccc21. The fourth-order valence-electron chi connectivity index (χ4n) is 3.07. The molecule has 0 bridgehead atoms. The number of ether oxygens (including phenoxy) is 1. The van der Waals surface area contributed by atoms with Gasteiger partial charge >= 0.3 is 0 Å². The van der Waals surface area contributed by atoms with Gasteiger partial charge in [0.25, 0.3) is 0 Å². The molecule has 2 aromatic carbocycles. The van der Waals surface area contributed by atoms with Crippen LogP contribution in [-0.4, -0.2) is 11.6 Å². The highest BCUT2D eigenvalue weighted by Gasteiger charge is 2.33. The number of pyridine rings is 1. The van der Waals surface area contributed by atoms with E-state index in [2.05, 4.69) is 24.9 Å². The van der Waals surface area contributed by atoms with Crippen LogP contribution in [0.5, 0.6) is 5.75 Å². The lowest BCUT2D eigenvalue weighted by Crippen LogP contribution is -2.18. The van der Waals surface area contributed by atoms with E-state index in [9.17, 15) is 5.26 Å². The van der Waals surface area contributed by atoms with Gasteiger partial charge < -0.3 is 4.74 Å². The van der Waals surface area contributed by atoms with Gasteiger partial charge in [0.1, 0.15) is 5.75 Å². The largest absolute Gasteiger partial charge is 0.492 e. The first-order valence-corrected chi connectivity index (χ1v) is 7.00. The summed E-state index contributed by atoms with van der Waals surface area (Å²) < 4.78 is 5.93. The summed E-state index contributed by atoms with van der Waals surface area (Å²) in [5.41, 5.74) is 2.66. The highest BCUT2D eigenvalue weighted by atomic mass is 16.5. The van der Waals surface area contributed by atoms with Gasteiger partial charge in [0.15, 0.2) is 0 Å². The summed E-state index contributed by atoms with van der Waals surface area (Å²) in [7, 11) is 0. The second kappa shape index (κ2) is 3.95. The number of nitrogens with zero attached hydrogens (tertiary/aromatic N) is 2. The van der Waals surface area contributed by atoms with Gasteiger partial charge in [-0.1, -0.05) is 38.1 Å². The molecule has 0 radical (unpaired) electrons. The number of benzene rings is 2. The molecule has 1 aliphatic heterocycles. The van der Waals surface area contributed by atoms with Crippen LogP contribution in [0.15, 0.2) is 36.5 Å². The second-order valence-electron chi connectivity index (χ2n) is 6.15. The molecule has 1 aliphatic rings. The molecule has 1 aromatic heterocycles. The number of fused-ring (bicyclic) bond motifs is 5. The van der Waals surface area contributed by atoms with Crippen molar-refractivity contribution in [2.24, 2.45) is 0 Å². The molecule has 0 fully saturated rings. The fraction of sp³-hybridized carbons (Fsp3) is 0.222. The highest BCUT2D eigenvalue weighted by molar-refractivity contribution is 6.10. The Morgan fingerprint density at radius 1 is 1.19 bits per heavy atom. The van der Waals surface area contributed by atoms with E-state index in [-0.39, 0.29) is 5.41 Å². The second-order valence-corrected chi connectivity index (χ2v) is 6.15.